The van der Waals surface area contributed by atoms with Crippen LogP contribution >= 0.6 is 0 Å². The first kappa shape index (κ1) is 18.3. The van der Waals surface area contributed by atoms with Crippen LogP contribution in [0, 0.1) is 5.92 Å². The van der Waals surface area contributed by atoms with Gasteiger partial charge in [0.25, 0.3) is 0 Å². The highest BCUT2D eigenvalue weighted by Gasteiger charge is 2.35. The lowest BCUT2D eigenvalue weighted by molar-refractivity contribution is -0.128. The van der Waals surface area contributed by atoms with Gasteiger partial charge in [0.1, 0.15) is 5.75 Å². The summed E-state index contributed by atoms with van der Waals surface area (Å²) in [6.45, 7) is 3.70. The Morgan fingerprint density at radius 2 is 1.92 bits per heavy atom. The Balaban J connectivity index is 1.95. The molecule has 1 fully saturated rings. The van der Waals surface area contributed by atoms with Crippen LogP contribution in [-0.2, 0) is 16.0 Å². The van der Waals surface area contributed by atoms with Gasteiger partial charge in [0, 0.05) is 32.5 Å². The lowest BCUT2D eigenvalue weighted by Crippen LogP contribution is -2.44. The predicted octanol–water partition coefficient (Wildman–Crippen LogP) is 0.762. The molecule has 2 amide bonds. The minimum absolute atomic E-state index is 0.00190. The average Bonchev–Trinajstić information content (AvgIpc) is 2.90. The quantitative estimate of drug-likeness (QED) is 0.835. The zero-order chi connectivity index (χ0) is 17.7. The number of methoxy groups -OCH3 is 1. The summed E-state index contributed by atoms with van der Waals surface area (Å²) in [5.41, 5.74) is 0.943. The number of likely N-dealkylation sites (tertiary alicyclic amines) is 1. The van der Waals surface area contributed by atoms with Crippen molar-refractivity contribution < 1.29 is 14.3 Å². The van der Waals surface area contributed by atoms with Gasteiger partial charge in [-0.2, -0.15) is 0 Å². The molecule has 24 heavy (non-hydrogen) atoms. The zero-order valence-corrected chi connectivity index (χ0v) is 14.9. The van der Waals surface area contributed by atoms with E-state index in [0.29, 0.717) is 19.5 Å². The van der Waals surface area contributed by atoms with Gasteiger partial charge in [-0.3, -0.25) is 9.59 Å². The summed E-state index contributed by atoms with van der Waals surface area (Å²) in [4.78, 5) is 27.9. The second-order valence-corrected chi connectivity index (χ2v) is 6.65. The smallest absolute Gasteiger partial charge is 0.224 e. The van der Waals surface area contributed by atoms with Gasteiger partial charge in [-0.25, -0.2) is 0 Å². The number of benzene rings is 1. The van der Waals surface area contributed by atoms with E-state index in [1.54, 1.807) is 14.0 Å². The van der Waals surface area contributed by atoms with Crippen molar-refractivity contribution in [1.82, 2.24) is 15.1 Å². The molecular formula is C18H27N3O3. The van der Waals surface area contributed by atoms with Crippen LogP contribution in [0.3, 0.4) is 0 Å². The normalized spacial score (nSPS) is 20.3. The van der Waals surface area contributed by atoms with Gasteiger partial charge in [0.15, 0.2) is 0 Å². The van der Waals surface area contributed by atoms with Crippen molar-refractivity contribution in [2.45, 2.75) is 19.4 Å². The molecular weight excluding hydrogens is 306 g/mol. The Morgan fingerprint density at radius 1 is 1.25 bits per heavy atom. The van der Waals surface area contributed by atoms with Crippen LogP contribution < -0.4 is 10.1 Å². The molecule has 1 heterocycles. The minimum Gasteiger partial charge on any atom is -0.497 e. The van der Waals surface area contributed by atoms with E-state index in [4.69, 9.17) is 4.74 Å². The van der Waals surface area contributed by atoms with Gasteiger partial charge in [-0.05, 0) is 31.8 Å². The van der Waals surface area contributed by atoms with Gasteiger partial charge < -0.3 is 19.9 Å². The van der Waals surface area contributed by atoms with Crippen molar-refractivity contribution in [2.24, 2.45) is 5.92 Å². The van der Waals surface area contributed by atoms with Gasteiger partial charge in [-0.1, -0.05) is 12.1 Å². The molecule has 1 aromatic carbocycles. The van der Waals surface area contributed by atoms with Crippen LogP contribution in [0.2, 0.25) is 0 Å². The first-order valence-corrected chi connectivity index (χ1v) is 8.21. The van der Waals surface area contributed by atoms with Crippen molar-refractivity contribution >= 4 is 11.8 Å². The van der Waals surface area contributed by atoms with Gasteiger partial charge in [0.05, 0.1) is 19.6 Å². The Labute approximate surface area is 143 Å². The molecule has 0 radical (unpaired) electrons. The molecule has 0 aromatic heterocycles. The molecule has 6 heteroatoms. The highest BCUT2D eigenvalue weighted by Crippen LogP contribution is 2.18. The maximum absolute atomic E-state index is 12.4. The number of ether oxygens (including phenoxy) is 1. The number of hydrogen-bond donors (Lipinski definition) is 1. The summed E-state index contributed by atoms with van der Waals surface area (Å²) < 4.78 is 5.12. The van der Waals surface area contributed by atoms with Crippen LogP contribution in [0.25, 0.3) is 0 Å². The van der Waals surface area contributed by atoms with Crippen LogP contribution in [0.5, 0.6) is 5.75 Å². The molecule has 2 rings (SSSR count). The van der Waals surface area contributed by atoms with Crippen LogP contribution in [-0.4, -0.2) is 68.5 Å². The number of carbonyl (C=O) groups excluding carboxylic acids is 2. The second kappa shape index (κ2) is 8.15. The maximum atomic E-state index is 12.4. The lowest BCUT2D eigenvalue weighted by Gasteiger charge is -2.22. The van der Waals surface area contributed by atoms with E-state index in [9.17, 15) is 9.59 Å². The molecule has 132 valence electrons. The van der Waals surface area contributed by atoms with Crippen molar-refractivity contribution in [3.8, 4) is 5.75 Å². The Morgan fingerprint density at radius 3 is 2.46 bits per heavy atom. The molecule has 1 aliphatic rings. The average molecular weight is 333 g/mol. The van der Waals surface area contributed by atoms with Gasteiger partial charge in [-0.15, -0.1) is 0 Å². The molecule has 0 aliphatic carbocycles. The molecule has 1 aliphatic heterocycles. The van der Waals surface area contributed by atoms with Gasteiger partial charge in [0.2, 0.25) is 11.8 Å². The fourth-order valence-corrected chi connectivity index (χ4v) is 3.13. The van der Waals surface area contributed by atoms with E-state index in [0.717, 1.165) is 17.9 Å². The fraction of sp³-hybridized carbons (Fsp3) is 0.556. The summed E-state index contributed by atoms with van der Waals surface area (Å²) >= 11 is 0. The second-order valence-electron chi connectivity index (χ2n) is 6.65. The van der Waals surface area contributed by atoms with E-state index < -0.39 is 0 Å². The van der Waals surface area contributed by atoms with E-state index >= 15 is 0 Å². The van der Waals surface area contributed by atoms with E-state index in [2.05, 4.69) is 10.2 Å². The summed E-state index contributed by atoms with van der Waals surface area (Å²) in [6, 6.07) is 7.50. The highest BCUT2D eigenvalue weighted by atomic mass is 16.5. The third kappa shape index (κ3) is 4.96. The molecule has 1 saturated heterocycles. The zero-order valence-electron chi connectivity index (χ0n) is 14.9. The molecule has 0 saturated carbocycles. The first-order chi connectivity index (χ1) is 11.4. The van der Waals surface area contributed by atoms with E-state index in [-0.39, 0.29) is 23.8 Å². The summed E-state index contributed by atoms with van der Waals surface area (Å²) in [6.07, 6.45) is 0.329. The Kier molecular flexibility index (Phi) is 6.20. The van der Waals surface area contributed by atoms with Crippen molar-refractivity contribution in [3.63, 3.8) is 0 Å². The molecule has 0 unspecified atom stereocenters. The number of carbonyl (C=O) groups is 2. The third-order valence-electron chi connectivity index (χ3n) is 4.36. The molecule has 2 atom stereocenters. The fourth-order valence-electron chi connectivity index (χ4n) is 3.13. The minimum atomic E-state index is -0.0145. The SMILES string of the molecule is COc1ccc(CC(=O)N[C@@H]2CN(C(C)=O)C[C@H]2CN(C)C)cc1. The standard InChI is InChI=1S/C18H27N3O3/c1-13(22)21-11-15(10-20(2)3)17(12-21)19-18(23)9-14-5-7-16(24-4)8-6-14/h5-8,15,17H,9-12H2,1-4H3,(H,19,23)/t15-,17-/m1/s1. The molecule has 0 bridgehead atoms. The van der Waals surface area contributed by atoms with Crippen molar-refractivity contribution in [1.29, 1.82) is 0 Å². The molecule has 6 nitrogen and oxygen atoms in total. The van der Waals surface area contributed by atoms with Crippen LogP contribution in [0.1, 0.15) is 12.5 Å². The highest BCUT2D eigenvalue weighted by molar-refractivity contribution is 5.79. The monoisotopic (exact) mass is 333 g/mol. The maximum Gasteiger partial charge on any atom is 0.224 e. The van der Waals surface area contributed by atoms with E-state index in [1.807, 2.05) is 43.3 Å². The van der Waals surface area contributed by atoms with Crippen molar-refractivity contribution in [3.05, 3.63) is 29.8 Å². The van der Waals surface area contributed by atoms with Crippen LogP contribution in [0.4, 0.5) is 0 Å². The van der Waals surface area contributed by atoms with Crippen molar-refractivity contribution in [2.75, 3.05) is 40.8 Å². The summed E-state index contributed by atoms with van der Waals surface area (Å²) in [7, 11) is 5.63. The topological polar surface area (TPSA) is 61.9 Å². The van der Waals surface area contributed by atoms with Crippen LogP contribution in [0.15, 0.2) is 24.3 Å². The number of hydrogen-bond acceptors (Lipinski definition) is 4. The molecule has 0 spiro atoms. The molecule has 1 N–H and O–H groups in total. The third-order valence-corrected chi connectivity index (χ3v) is 4.36. The number of rotatable bonds is 6. The Bertz CT molecular complexity index is 571. The Hall–Kier alpha value is -2.08. The van der Waals surface area contributed by atoms with E-state index in [1.165, 1.54) is 0 Å². The number of nitrogens with zero attached hydrogens (tertiary/aromatic N) is 2. The molecule has 1 aromatic rings. The largest absolute Gasteiger partial charge is 0.497 e. The first-order valence-electron chi connectivity index (χ1n) is 8.21. The van der Waals surface area contributed by atoms with Gasteiger partial charge >= 0.3 is 0 Å². The lowest BCUT2D eigenvalue weighted by atomic mass is 10.0. The number of nitrogens with one attached hydrogen (secondary N) is 1. The summed E-state index contributed by atoms with van der Waals surface area (Å²) in [5, 5.41) is 3.11. The summed E-state index contributed by atoms with van der Waals surface area (Å²) in [5.74, 6) is 1.08. The number of amides is 2. The predicted molar refractivity (Wildman–Crippen MR) is 92.9 cm³/mol.